The quantitative estimate of drug-likeness (QED) is 0.190. The second kappa shape index (κ2) is 20.7. The lowest BCUT2D eigenvalue weighted by molar-refractivity contribution is -0.131. The number of rotatable bonds is 9. The lowest BCUT2D eigenvalue weighted by atomic mass is 9.89. The molecule has 11 heteroatoms. The molecule has 260 valence electrons. The number of ether oxygens (including phenoxy) is 1. The minimum Gasteiger partial charge on any atom is -0.492 e. The van der Waals surface area contributed by atoms with Crippen LogP contribution in [0.5, 0.6) is 5.75 Å². The van der Waals surface area contributed by atoms with Gasteiger partial charge in [-0.2, -0.15) is 5.26 Å². The predicted octanol–water partition coefficient (Wildman–Crippen LogP) is 6.81. The van der Waals surface area contributed by atoms with Gasteiger partial charge < -0.3 is 20.3 Å². The molecule has 2 aromatic carbocycles. The largest absolute Gasteiger partial charge is 0.492 e. The summed E-state index contributed by atoms with van der Waals surface area (Å²) in [5, 5.41) is 15.0. The van der Waals surface area contributed by atoms with Gasteiger partial charge in [0.15, 0.2) is 6.29 Å². The van der Waals surface area contributed by atoms with Crippen molar-refractivity contribution in [3.8, 4) is 22.9 Å². The molecule has 9 nitrogen and oxygen atoms in total. The van der Waals surface area contributed by atoms with Gasteiger partial charge in [-0.15, -0.1) is 0 Å². The molecular weight excluding hydrogens is 616 g/mol. The number of alkyl halides is 2. The Morgan fingerprint density at radius 3 is 2.33 bits per heavy atom. The van der Waals surface area contributed by atoms with E-state index < -0.39 is 30.8 Å². The van der Waals surface area contributed by atoms with Crippen LogP contribution in [0.15, 0.2) is 54.7 Å². The van der Waals surface area contributed by atoms with Gasteiger partial charge in [-0.1, -0.05) is 65.2 Å². The lowest BCUT2D eigenvalue weighted by Crippen LogP contribution is -2.40. The van der Waals surface area contributed by atoms with E-state index >= 15 is 0 Å². The summed E-state index contributed by atoms with van der Waals surface area (Å²) in [6.45, 7) is 8.30. The number of nitrogens with one attached hydrogen (secondary N) is 2. The number of hydrogen-bond donors (Lipinski definition) is 2. The van der Waals surface area contributed by atoms with Crippen molar-refractivity contribution in [1.29, 1.82) is 5.26 Å². The third kappa shape index (κ3) is 11.7. The van der Waals surface area contributed by atoms with Crippen molar-refractivity contribution >= 4 is 29.0 Å². The maximum absolute atomic E-state index is 12.9. The molecule has 5 rings (SSSR count). The molecule has 1 atom stereocenters. The van der Waals surface area contributed by atoms with Crippen molar-refractivity contribution in [3.63, 3.8) is 0 Å². The molecule has 3 aromatic rings. The Balaban J connectivity index is 0.000000374. The molecule has 0 bridgehead atoms. The first kappa shape index (κ1) is 39.7. The fraction of sp³-hybridized carbons (Fsp3) is 0.486. The highest BCUT2D eigenvalue weighted by molar-refractivity contribution is 5.98. The Morgan fingerprint density at radius 1 is 1.04 bits per heavy atom. The number of pyridine rings is 1. The Bertz CT molecular complexity index is 1490. The summed E-state index contributed by atoms with van der Waals surface area (Å²) in [4.78, 5) is 40.0. The molecule has 1 saturated heterocycles. The van der Waals surface area contributed by atoms with Crippen LogP contribution in [0, 0.1) is 17.2 Å². The first-order valence-electron chi connectivity index (χ1n) is 16.8. The number of hydrogen-bond acceptors (Lipinski definition) is 7. The van der Waals surface area contributed by atoms with E-state index in [1.54, 1.807) is 25.4 Å². The second-order valence-corrected chi connectivity index (χ2v) is 11.0. The molecule has 0 spiro atoms. The van der Waals surface area contributed by atoms with Crippen LogP contribution in [0.4, 0.5) is 8.78 Å². The molecule has 48 heavy (non-hydrogen) atoms. The number of likely N-dealkylation sites (N-methyl/N-ethyl adjacent to an activating group) is 1. The lowest BCUT2D eigenvalue weighted by Gasteiger charge is -2.20. The van der Waals surface area contributed by atoms with E-state index in [1.807, 2.05) is 70.2 Å². The van der Waals surface area contributed by atoms with Crippen molar-refractivity contribution in [2.75, 3.05) is 33.3 Å². The number of aldehydes is 1. The number of benzene rings is 2. The molecule has 2 heterocycles. The summed E-state index contributed by atoms with van der Waals surface area (Å²) >= 11 is 0. The molecule has 2 N–H and O–H groups in total. The number of amides is 2. The van der Waals surface area contributed by atoms with E-state index in [0.717, 1.165) is 64.6 Å². The van der Waals surface area contributed by atoms with E-state index in [2.05, 4.69) is 15.6 Å². The molecule has 1 unspecified atom stereocenters. The summed E-state index contributed by atoms with van der Waals surface area (Å²) in [6, 6.07) is 16.2. The number of aromatic nitrogens is 1. The Morgan fingerprint density at radius 2 is 1.71 bits per heavy atom. The number of halogens is 2. The molecule has 1 saturated carbocycles. The van der Waals surface area contributed by atoms with Gasteiger partial charge in [0.1, 0.15) is 18.4 Å². The summed E-state index contributed by atoms with van der Waals surface area (Å²) in [7, 11) is 1.55. The molecule has 1 aliphatic carbocycles. The van der Waals surface area contributed by atoms with Gasteiger partial charge in [0.25, 0.3) is 5.92 Å². The van der Waals surface area contributed by atoms with E-state index in [1.165, 1.54) is 6.42 Å². The second-order valence-electron chi connectivity index (χ2n) is 11.0. The zero-order chi connectivity index (χ0) is 35.5. The van der Waals surface area contributed by atoms with E-state index in [4.69, 9.17) is 10.00 Å². The van der Waals surface area contributed by atoms with E-state index in [0.29, 0.717) is 18.7 Å². The fourth-order valence-electron chi connectivity index (χ4n) is 5.49. The van der Waals surface area contributed by atoms with Crippen molar-refractivity contribution in [2.45, 2.75) is 78.2 Å². The Labute approximate surface area is 283 Å². The number of fused-ring (bicyclic) bond motifs is 1. The van der Waals surface area contributed by atoms with Crippen molar-refractivity contribution in [2.24, 2.45) is 5.92 Å². The molecular formula is C37H49F2N5O4. The maximum Gasteiger partial charge on any atom is 0.268 e. The van der Waals surface area contributed by atoms with Crippen LogP contribution in [0.1, 0.15) is 76.6 Å². The smallest absolute Gasteiger partial charge is 0.268 e. The standard InChI is InChI=1S/C25H26N2O3.C8H11F2N3O.2C2H6/c28-17-21-12-13-26-24-11-8-20(16-23(21)24)18-6-9-22(10-7-18)30-15-14-27-25(29)19-4-2-1-3-5-19;1-12-4-7(14)13-5-8(9,10)2-6(13)3-11;2*1-2/h6-13,16-17,19H,1-5,14-15H2,(H,27,29);6,12H,2,4-5H2,1H3;2*1-2H3. The normalized spacial score (nSPS) is 16.5. The highest BCUT2D eigenvalue weighted by Gasteiger charge is 2.46. The number of carbonyl (C=O) groups is 3. The van der Waals surface area contributed by atoms with Gasteiger partial charge in [0, 0.05) is 29.5 Å². The summed E-state index contributed by atoms with van der Waals surface area (Å²) in [6.07, 6.45) is 7.53. The highest BCUT2D eigenvalue weighted by Crippen LogP contribution is 2.31. The van der Waals surface area contributed by atoms with Crippen LogP contribution < -0.4 is 15.4 Å². The van der Waals surface area contributed by atoms with Crippen LogP contribution in [0.25, 0.3) is 22.0 Å². The van der Waals surface area contributed by atoms with Crippen LogP contribution in [-0.4, -0.2) is 73.2 Å². The van der Waals surface area contributed by atoms with Crippen molar-refractivity contribution < 1.29 is 27.9 Å². The van der Waals surface area contributed by atoms with Gasteiger partial charge in [0.05, 0.1) is 31.2 Å². The van der Waals surface area contributed by atoms with E-state index in [9.17, 15) is 23.2 Å². The van der Waals surface area contributed by atoms with Crippen LogP contribution in [-0.2, 0) is 9.59 Å². The predicted molar refractivity (Wildman–Crippen MR) is 185 cm³/mol. The first-order chi connectivity index (χ1) is 23.2. The molecule has 0 radical (unpaired) electrons. The van der Waals surface area contributed by atoms with Crippen molar-refractivity contribution in [1.82, 2.24) is 20.5 Å². The summed E-state index contributed by atoms with van der Waals surface area (Å²) in [5.41, 5.74) is 3.50. The van der Waals surface area contributed by atoms with Crippen molar-refractivity contribution in [3.05, 3.63) is 60.3 Å². The number of nitriles is 1. The number of carbonyl (C=O) groups excluding carboxylic acids is 3. The van der Waals surface area contributed by atoms with Gasteiger partial charge in [-0.25, -0.2) is 8.78 Å². The third-order valence-corrected chi connectivity index (χ3v) is 7.80. The zero-order valence-corrected chi connectivity index (χ0v) is 28.7. The minimum absolute atomic E-state index is 0.0196. The first-order valence-corrected chi connectivity index (χ1v) is 16.8. The Hall–Kier alpha value is -4.43. The number of nitrogens with zero attached hydrogens (tertiary/aromatic N) is 3. The monoisotopic (exact) mass is 665 g/mol. The SMILES string of the molecule is CC.CC.CNCC(=O)N1CC(F)(F)CC1C#N.O=Cc1ccnc2ccc(-c3ccc(OCCNC(=O)C4CCCCC4)cc3)cc12. The third-order valence-electron chi connectivity index (χ3n) is 7.80. The number of likely N-dealkylation sites (tertiary alicyclic amines) is 1. The Kier molecular flexibility index (Phi) is 17.2. The van der Waals surface area contributed by atoms with Gasteiger partial charge in [0.2, 0.25) is 11.8 Å². The van der Waals surface area contributed by atoms with Gasteiger partial charge >= 0.3 is 0 Å². The molecule has 1 aliphatic heterocycles. The minimum atomic E-state index is -2.93. The zero-order valence-electron chi connectivity index (χ0n) is 28.7. The van der Waals surface area contributed by atoms with Crippen LogP contribution in [0.3, 0.4) is 0 Å². The molecule has 2 aliphatic rings. The summed E-state index contributed by atoms with van der Waals surface area (Å²) in [5.74, 6) is -2.29. The highest BCUT2D eigenvalue weighted by atomic mass is 19.3. The van der Waals surface area contributed by atoms with Crippen LogP contribution >= 0.6 is 0 Å². The van der Waals surface area contributed by atoms with Crippen LogP contribution in [0.2, 0.25) is 0 Å². The molecule has 2 fully saturated rings. The van der Waals surface area contributed by atoms with E-state index in [-0.39, 0.29) is 18.4 Å². The fourth-order valence-corrected chi connectivity index (χ4v) is 5.49. The van der Waals surface area contributed by atoms with Gasteiger partial charge in [-0.3, -0.25) is 19.4 Å². The molecule has 1 aromatic heterocycles. The molecule has 2 amide bonds. The average molecular weight is 666 g/mol. The van der Waals surface area contributed by atoms with Gasteiger partial charge in [-0.05, 0) is 61.3 Å². The summed E-state index contributed by atoms with van der Waals surface area (Å²) < 4.78 is 31.5. The average Bonchev–Trinajstić information content (AvgIpc) is 3.46. The topological polar surface area (TPSA) is 124 Å². The maximum atomic E-state index is 12.9.